The quantitative estimate of drug-likeness (QED) is 0.922. The summed E-state index contributed by atoms with van der Waals surface area (Å²) in [4.78, 5) is 17.6. The molecule has 1 N–H and O–H groups in total. The monoisotopic (exact) mass is 298 g/mol. The first-order chi connectivity index (χ1) is 10.8. The number of hydrogen-bond donors (Lipinski definition) is 1. The third kappa shape index (κ3) is 3.07. The Kier molecular flexibility index (Phi) is 4.59. The lowest BCUT2D eigenvalue weighted by Crippen LogP contribution is -2.41. The third-order valence-corrected chi connectivity index (χ3v) is 4.26. The summed E-state index contributed by atoms with van der Waals surface area (Å²) in [6.45, 7) is 3.45. The molecule has 0 spiro atoms. The van der Waals surface area contributed by atoms with Gasteiger partial charge in [-0.05, 0) is 31.4 Å². The van der Waals surface area contributed by atoms with Crippen LogP contribution in [0.2, 0.25) is 0 Å². The zero-order valence-corrected chi connectivity index (χ0v) is 12.9. The molecule has 0 unspecified atom stereocenters. The molecule has 0 bridgehead atoms. The summed E-state index contributed by atoms with van der Waals surface area (Å²) in [5.41, 5.74) is 1.96. The van der Waals surface area contributed by atoms with Crippen molar-refractivity contribution in [3.8, 4) is 0 Å². The van der Waals surface area contributed by atoms with Crippen LogP contribution in [0, 0.1) is 0 Å². The number of rotatable bonds is 5. The molecule has 0 saturated carbocycles. The predicted octanol–water partition coefficient (Wildman–Crippen LogP) is 2.88. The van der Waals surface area contributed by atoms with Gasteiger partial charge in [0.25, 0.3) is 5.91 Å². The SMILES string of the molecule is CCO[C@H]1CCN(C(=O)c2cc[nH]c2)[C@H]1Cc1ccccc1. The molecule has 1 fully saturated rings. The molecule has 1 saturated heterocycles. The van der Waals surface area contributed by atoms with Crippen LogP contribution in [0.5, 0.6) is 0 Å². The van der Waals surface area contributed by atoms with Crippen molar-refractivity contribution in [2.24, 2.45) is 0 Å². The molecule has 1 aromatic heterocycles. The van der Waals surface area contributed by atoms with Gasteiger partial charge in [0.05, 0.1) is 17.7 Å². The van der Waals surface area contributed by atoms with Crippen molar-refractivity contribution in [1.29, 1.82) is 0 Å². The van der Waals surface area contributed by atoms with Crippen LogP contribution >= 0.6 is 0 Å². The van der Waals surface area contributed by atoms with Crippen LogP contribution < -0.4 is 0 Å². The molecule has 116 valence electrons. The van der Waals surface area contributed by atoms with E-state index in [4.69, 9.17) is 4.74 Å². The van der Waals surface area contributed by atoms with Gasteiger partial charge in [0.1, 0.15) is 0 Å². The molecule has 1 aliphatic rings. The highest BCUT2D eigenvalue weighted by atomic mass is 16.5. The fraction of sp³-hybridized carbons (Fsp3) is 0.389. The minimum Gasteiger partial charge on any atom is -0.376 e. The van der Waals surface area contributed by atoms with Crippen molar-refractivity contribution in [2.75, 3.05) is 13.2 Å². The molecule has 0 aliphatic carbocycles. The number of H-pyrrole nitrogens is 1. The number of carbonyl (C=O) groups excluding carboxylic acids is 1. The van der Waals surface area contributed by atoms with Crippen LogP contribution in [0.1, 0.15) is 29.3 Å². The van der Waals surface area contributed by atoms with Crippen molar-refractivity contribution in [2.45, 2.75) is 31.9 Å². The van der Waals surface area contributed by atoms with Crippen LogP contribution in [0.3, 0.4) is 0 Å². The van der Waals surface area contributed by atoms with E-state index in [1.54, 1.807) is 12.4 Å². The van der Waals surface area contributed by atoms with Crippen LogP contribution in [0.15, 0.2) is 48.8 Å². The van der Waals surface area contributed by atoms with Crippen LogP contribution in [0.4, 0.5) is 0 Å². The lowest BCUT2D eigenvalue weighted by molar-refractivity contribution is 0.0312. The first-order valence-corrected chi connectivity index (χ1v) is 7.89. The average molecular weight is 298 g/mol. The van der Waals surface area contributed by atoms with Gasteiger partial charge in [0.2, 0.25) is 0 Å². The average Bonchev–Trinajstić information content (AvgIpc) is 3.19. The smallest absolute Gasteiger partial charge is 0.255 e. The fourth-order valence-electron chi connectivity index (χ4n) is 3.21. The molecular weight excluding hydrogens is 276 g/mol. The summed E-state index contributed by atoms with van der Waals surface area (Å²) in [6, 6.07) is 12.2. The maximum Gasteiger partial charge on any atom is 0.255 e. The molecule has 0 radical (unpaired) electrons. The van der Waals surface area contributed by atoms with Crippen LogP contribution in [-0.4, -0.2) is 41.1 Å². The second kappa shape index (κ2) is 6.79. The number of aromatic amines is 1. The minimum atomic E-state index is 0.0874. The molecule has 22 heavy (non-hydrogen) atoms. The number of likely N-dealkylation sites (tertiary alicyclic amines) is 1. The highest BCUT2D eigenvalue weighted by Crippen LogP contribution is 2.26. The number of carbonyl (C=O) groups is 1. The van der Waals surface area contributed by atoms with E-state index in [0.29, 0.717) is 6.61 Å². The van der Waals surface area contributed by atoms with Gasteiger partial charge in [0.15, 0.2) is 0 Å². The Morgan fingerprint density at radius 1 is 1.32 bits per heavy atom. The van der Waals surface area contributed by atoms with Crippen molar-refractivity contribution in [1.82, 2.24) is 9.88 Å². The molecule has 1 aliphatic heterocycles. The van der Waals surface area contributed by atoms with E-state index in [1.165, 1.54) is 5.56 Å². The highest BCUT2D eigenvalue weighted by Gasteiger charge is 2.37. The van der Waals surface area contributed by atoms with Crippen molar-refractivity contribution < 1.29 is 9.53 Å². The van der Waals surface area contributed by atoms with E-state index in [-0.39, 0.29) is 18.1 Å². The zero-order valence-electron chi connectivity index (χ0n) is 12.9. The Morgan fingerprint density at radius 2 is 2.14 bits per heavy atom. The summed E-state index contributed by atoms with van der Waals surface area (Å²) in [5, 5.41) is 0. The van der Waals surface area contributed by atoms with Gasteiger partial charge in [-0.25, -0.2) is 0 Å². The Bertz CT molecular complexity index is 595. The Hall–Kier alpha value is -2.07. The number of nitrogens with zero attached hydrogens (tertiary/aromatic N) is 1. The summed E-state index contributed by atoms with van der Waals surface area (Å²) in [5.74, 6) is 0.0874. The third-order valence-electron chi connectivity index (χ3n) is 4.26. The van der Waals surface area contributed by atoms with Gasteiger partial charge < -0.3 is 14.6 Å². The van der Waals surface area contributed by atoms with E-state index < -0.39 is 0 Å². The van der Waals surface area contributed by atoms with E-state index in [9.17, 15) is 4.79 Å². The molecular formula is C18H22N2O2. The van der Waals surface area contributed by atoms with Crippen LogP contribution in [0.25, 0.3) is 0 Å². The Morgan fingerprint density at radius 3 is 2.82 bits per heavy atom. The highest BCUT2D eigenvalue weighted by molar-refractivity contribution is 5.94. The lowest BCUT2D eigenvalue weighted by atomic mass is 10.0. The molecule has 1 aromatic carbocycles. The number of ether oxygens (including phenoxy) is 1. The maximum atomic E-state index is 12.7. The number of amides is 1. The molecule has 3 rings (SSSR count). The number of hydrogen-bond acceptors (Lipinski definition) is 2. The largest absolute Gasteiger partial charge is 0.376 e. The zero-order chi connectivity index (χ0) is 15.4. The van der Waals surface area contributed by atoms with Gasteiger partial charge in [-0.3, -0.25) is 4.79 Å². The van der Waals surface area contributed by atoms with Gasteiger partial charge in [-0.1, -0.05) is 30.3 Å². The van der Waals surface area contributed by atoms with Crippen molar-refractivity contribution >= 4 is 5.91 Å². The molecule has 1 amide bonds. The Labute approximate surface area is 131 Å². The summed E-state index contributed by atoms with van der Waals surface area (Å²) in [7, 11) is 0. The standard InChI is InChI=1S/C18H22N2O2/c1-2-22-17-9-11-20(18(21)15-8-10-19-13-15)16(17)12-14-6-4-3-5-7-14/h3-8,10,13,16-17,19H,2,9,11-12H2,1H3/t16-,17-/m0/s1. The van der Waals surface area contributed by atoms with Gasteiger partial charge >= 0.3 is 0 Å². The topological polar surface area (TPSA) is 45.3 Å². The lowest BCUT2D eigenvalue weighted by Gasteiger charge is -2.28. The van der Waals surface area contributed by atoms with Gasteiger partial charge in [-0.2, -0.15) is 0 Å². The second-order valence-electron chi connectivity index (χ2n) is 5.64. The van der Waals surface area contributed by atoms with Gasteiger partial charge in [-0.15, -0.1) is 0 Å². The molecule has 4 nitrogen and oxygen atoms in total. The van der Waals surface area contributed by atoms with E-state index in [2.05, 4.69) is 17.1 Å². The van der Waals surface area contributed by atoms with E-state index in [0.717, 1.165) is 24.9 Å². The summed E-state index contributed by atoms with van der Waals surface area (Å²) < 4.78 is 5.88. The number of aromatic nitrogens is 1. The minimum absolute atomic E-state index is 0.0874. The Balaban J connectivity index is 1.80. The predicted molar refractivity (Wildman–Crippen MR) is 85.8 cm³/mol. The van der Waals surface area contributed by atoms with E-state index in [1.807, 2.05) is 36.1 Å². The number of benzene rings is 1. The normalized spacial score (nSPS) is 21.2. The van der Waals surface area contributed by atoms with Crippen molar-refractivity contribution in [3.05, 3.63) is 59.9 Å². The summed E-state index contributed by atoms with van der Waals surface area (Å²) >= 11 is 0. The van der Waals surface area contributed by atoms with E-state index >= 15 is 0 Å². The van der Waals surface area contributed by atoms with Gasteiger partial charge in [0, 0.05) is 25.5 Å². The molecule has 2 atom stereocenters. The maximum absolute atomic E-state index is 12.7. The molecule has 2 aromatic rings. The fourth-order valence-corrected chi connectivity index (χ4v) is 3.21. The first kappa shape index (κ1) is 14.9. The second-order valence-corrected chi connectivity index (χ2v) is 5.64. The van der Waals surface area contributed by atoms with Crippen molar-refractivity contribution in [3.63, 3.8) is 0 Å². The first-order valence-electron chi connectivity index (χ1n) is 7.89. The summed E-state index contributed by atoms with van der Waals surface area (Å²) in [6.07, 6.45) is 5.40. The number of nitrogens with one attached hydrogen (secondary N) is 1. The molecule has 2 heterocycles. The van der Waals surface area contributed by atoms with Crippen LogP contribution in [-0.2, 0) is 11.2 Å². The molecule has 4 heteroatoms.